The Morgan fingerprint density at radius 2 is 2.17 bits per heavy atom. The molecule has 0 spiro atoms. The molecule has 1 aromatic heterocycles. The first-order valence-corrected chi connectivity index (χ1v) is 6.21. The summed E-state index contributed by atoms with van der Waals surface area (Å²) in [5.74, 6) is -0.359. The summed E-state index contributed by atoms with van der Waals surface area (Å²) in [7, 11) is 1.36. The van der Waals surface area contributed by atoms with Crippen LogP contribution in [0.1, 0.15) is 12.5 Å². The maximum absolute atomic E-state index is 11.2. The van der Waals surface area contributed by atoms with Crippen LogP contribution in [0.5, 0.6) is 0 Å². The molecule has 1 aromatic carbocycles. The third kappa shape index (κ3) is 2.76. The highest BCUT2D eigenvalue weighted by atomic mass is 79.9. The monoisotopic (exact) mass is 305 g/mol. The van der Waals surface area contributed by atoms with Gasteiger partial charge in [0.15, 0.2) is 0 Å². The van der Waals surface area contributed by atoms with Crippen LogP contribution in [0.15, 0.2) is 41.0 Å². The van der Waals surface area contributed by atoms with Gasteiger partial charge in [0, 0.05) is 22.1 Å². The number of carbonyl (C=O) groups excluding carboxylic acids is 1. The van der Waals surface area contributed by atoms with Crippen LogP contribution in [-0.2, 0) is 9.53 Å². The second-order valence-electron chi connectivity index (χ2n) is 3.91. The van der Waals surface area contributed by atoms with E-state index in [2.05, 4.69) is 25.7 Å². The summed E-state index contributed by atoms with van der Waals surface area (Å²) in [5.41, 5.74) is 2.66. The van der Waals surface area contributed by atoms with Crippen molar-refractivity contribution in [3.63, 3.8) is 0 Å². The molecule has 0 saturated carbocycles. The lowest BCUT2D eigenvalue weighted by Crippen LogP contribution is -1.96. The molecule has 0 radical (unpaired) electrons. The van der Waals surface area contributed by atoms with E-state index in [9.17, 15) is 4.79 Å². The molecule has 0 aliphatic rings. The minimum atomic E-state index is -0.359. The lowest BCUT2D eigenvalue weighted by atomic mass is 10.1. The third-order valence-electron chi connectivity index (χ3n) is 2.63. The van der Waals surface area contributed by atoms with Gasteiger partial charge < -0.3 is 4.74 Å². The quantitative estimate of drug-likeness (QED) is 0.629. The molecular weight excluding hydrogens is 294 g/mol. The van der Waals surface area contributed by atoms with E-state index in [1.165, 1.54) is 13.2 Å². The molecule has 0 fully saturated rings. The zero-order valence-corrected chi connectivity index (χ0v) is 11.7. The number of benzene rings is 1. The molecule has 92 valence electrons. The fraction of sp³-hybridized carbons (Fsp3) is 0.143. The zero-order chi connectivity index (χ0) is 13.1. The number of hydrogen-bond acceptors (Lipinski definition) is 3. The van der Waals surface area contributed by atoms with E-state index in [1.807, 2.05) is 31.2 Å². The van der Waals surface area contributed by atoms with Crippen molar-refractivity contribution in [2.45, 2.75) is 6.92 Å². The van der Waals surface area contributed by atoms with Gasteiger partial charge in [-0.05, 0) is 42.3 Å². The van der Waals surface area contributed by atoms with Crippen LogP contribution in [0.3, 0.4) is 0 Å². The number of rotatable bonds is 2. The molecular formula is C14H12BrNO2. The number of nitrogens with zero attached hydrogens (tertiary/aromatic N) is 1. The van der Waals surface area contributed by atoms with E-state index in [-0.39, 0.29) is 5.97 Å². The lowest BCUT2D eigenvalue weighted by molar-refractivity contribution is -0.134. The summed E-state index contributed by atoms with van der Waals surface area (Å²) in [6.45, 7) is 1.86. The fourth-order valence-electron chi connectivity index (χ4n) is 1.64. The highest BCUT2D eigenvalue weighted by Crippen LogP contribution is 2.22. The normalized spacial score (nSPS) is 11.6. The molecule has 2 rings (SSSR count). The molecule has 0 N–H and O–H groups in total. The summed E-state index contributed by atoms with van der Waals surface area (Å²) in [5, 5.41) is 1.03. The second-order valence-corrected chi connectivity index (χ2v) is 4.83. The van der Waals surface area contributed by atoms with Crippen LogP contribution in [0.4, 0.5) is 0 Å². The van der Waals surface area contributed by atoms with Crippen molar-refractivity contribution >= 4 is 38.4 Å². The van der Waals surface area contributed by atoms with E-state index < -0.39 is 0 Å². The van der Waals surface area contributed by atoms with Gasteiger partial charge in [-0.1, -0.05) is 15.9 Å². The fourth-order valence-corrected chi connectivity index (χ4v) is 2.02. The van der Waals surface area contributed by atoms with Crippen LogP contribution in [0.2, 0.25) is 0 Å². The van der Waals surface area contributed by atoms with Gasteiger partial charge in [-0.2, -0.15) is 0 Å². The van der Waals surface area contributed by atoms with Gasteiger partial charge in [-0.25, -0.2) is 4.79 Å². The standard InChI is InChI=1S/C14H12BrNO2/c1-9(5-14(17)18-2)11-6-10-7-12(15)3-4-13(10)16-8-11/h3-8H,1-2H3/b9-5+. The Morgan fingerprint density at radius 1 is 1.39 bits per heavy atom. The molecule has 0 bridgehead atoms. The van der Waals surface area contributed by atoms with Gasteiger partial charge in [-0.15, -0.1) is 0 Å². The first-order valence-electron chi connectivity index (χ1n) is 5.42. The van der Waals surface area contributed by atoms with E-state index in [1.54, 1.807) is 6.20 Å². The van der Waals surface area contributed by atoms with E-state index in [0.29, 0.717) is 0 Å². The number of halogens is 1. The maximum atomic E-state index is 11.2. The average molecular weight is 306 g/mol. The topological polar surface area (TPSA) is 39.2 Å². The molecule has 3 nitrogen and oxygen atoms in total. The average Bonchev–Trinajstić information content (AvgIpc) is 2.37. The minimum Gasteiger partial charge on any atom is -0.466 e. The van der Waals surface area contributed by atoms with Crippen molar-refractivity contribution in [2.75, 3.05) is 7.11 Å². The number of allylic oxidation sites excluding steroid dienone is 1. The molecule has 0 saturated heterocycles. The largest absolute Gasteiger partial charge is 0.466 e. The molecule has 0 unspecified atom stereocenters. The number of aromatic nitrogens is 1. The lowest BCUT2D eigenvalue weighted by Gasteiger charge is -2.04. The van der Waals surface area contributed by atoms with E-state index in [0.717, 1.165) is 26.5 Å². The molecule has 1 heterocycles. The number of methoxy groups -OCH3 is 1. The number of esters is 1. The Morgan fingerprint density at radius 3 is 2.89 bits per heavy atom. The Hall–Kier alpha value is -1.68. The number of hydrogen-bond donors (Lipinski definition) is 0. The van der Waals surface area contributed by atoms with Crippen LogP contribution in [0, 0.1) is 0 Å². The Balaban J connectivity index is 2.46. The number of fused-ring (bicyclic) bond motifs is 1. The molecule has 0 aliphatic heterocycles. The van der Waals surface area contributed by atoms with Crippen molar-refractivity contribution in [1.82, 2.24) is 4.98 Å². The first kappa shape index (κ1) is 12.8. The number of pyridine rings is 1. The minimum absolute atomic E-state index is 0.359. The molecule has 0 atom stereocenters. The number of ether oxygens (including phenoxy) is 1. The Labute approximate surface area is 114 Å². The van der Waals surface area contributed by atoms with Crippen molar-refractivity contribution in [2.24, 2.45) is 0 Å². The second kappa shape index (κ2) is 5.31. The van der Waals surface area contributed by atoms with Crippen LogP contribution < -0.4 is 0 Å². The van der Waals surface area contributed by atoms with Crippen molar-refractivity contribution in [3.05, 3.63) is 46.6 Å². The number of carbonyl (C=O) groups is 1. The molecule has 0 aliphatic carbocycles. The van der Waals surface area contributed by atoms with Crippen LogP contribution >= 0.6 is 15.9 Å². The van der Waals surface area contributed by atoms with E-state index >= 15 is 0 Å². The summed E-state index contributed by atoms with van der Waals surface area (Å²) in [6, 6.07) is 7.90. The van der Waals surface area contributed by atoms with Gasteiger partial charge in [0.2, 0.25) is 0 Å². The van der Waals surface area contributed by atoms with Crippen molar-refractivity contribution in [3.8, 4) is 0 Å². The van der Waals surface area contributed by atoms with Gasteiger partial charge >= 0.3 is 5.97 Å². The first-order chi connectivity index (χ1) is 8.60. The SMILES string of the molecule is COC(=O)/C=C(\C)c1cnc2ccc(Br)cc2c1. The molecule has 4 heteroatoms. The Kier molecular flexibility index (Phi) is 3.77. The van der Waals surface area contributed by atoms with Crippen LogP contribution in [0.25, 0.3) is 16.5 Å². The summed E-state index contributed by atoms with van der Waals surface area (Å²) >= 11 is 3.43. The highest BCUT2D eigenvalue weighted by molar-refractivity contribution is 9.10. The molecule has 18 heavy (non-hydrogen) atoms. The predicted molar refractivity (Wildman–Crippen MR) is 75.1 cm³/mol. The highest BCUT2D eigenvalue weighted by Gasteiger charge is 2.03. The van der Waals surface area contributed by atoms with Gasteiger partial charge in [0.05, 0.1) is 12.6 Å². The van der Waals surface area contributed by atoms with Crippen molar-refractivity contribution < 1.29 is 9.53 Å². The smallest absolute Gasteiger partial charge is 0.330 e. The van der Waals surface area contributed by atoms with Gasteiger partial charge in [0.1, 0.15) is 0 Å². The predicted octanol–water partition coefficient (Wildman–Crippen LogP) is 3.57. The molecule has 0 amide bonds. The van der Waals surface area contributed by atoms with Crippen LogP contribution in [-0.4, -0.2) is 18.1 Å². The summed E-state index contributed by atoms with van der Waals surface area (Å²) < 4.78 is 5.61. The summed E-state index contributed by atoms with van der Waals surface area (Å²) in [6.07, 6.45) is 3.21. The van der Waals surface area contributed by atoms with Gasteiger partial charge in [0.25, 0.3) is 0 Å². The van der Waals surface area contributed by atoms with E-state index in [4.69, 9.17) is 0 Å². The molecule has 2 aromatic rings. The third-order valence-corrected chi connectivity index (χ3v) is 3.13. The maximum Gasteiger partial charge on any atom is 0.330 e. The zero-order valence-electron chi connectivity index (χ0n) is 10.1. The Bertz CT molecular complexity index is 635. The summed E-state index contributed by atoms with van der Waals surface area (Å²) in [4.78, 5) is 15.5. The van der Waals surface area contributed by atoms with Gasteiger partial charge in [-0.3, -0.25) is 4.98 Å². The van der Waals surface area contributed by atoms with Crippen molar-refractivity contribution in [1.29, 1.82) is 0 Å².